The first kappa shape index (κ1) is 18.9. The van der Waals surface area contributed by atoms with Crippen LogP contribution < -0.4 is 0 Å². The largest absolute Gasteiger partial charge is 0.341 e. The number of hydrogen-bond donors (Lipinski definition) is 0. The summed E-state index contributed by atoms with van der Waals surface area (Å²) in [5.41, 5.74) is 6.07. The third-order valence-corrected chi connectivity index (χ3v) is 7.33. The highest BCUT2D eigenvalue weighted by Crippen LogP contribution is 2.48. The highest BCUT2D eigenvalue weighted by atomic mass is 79.9. The molecule has 3 atom stereocenters. The molecular weight excluding hydrogens is 444 g/mol. The minimum atomic E-state index is 0.0302. The van der Waals surface area contributed by atoms with E-state index in [-0.39, 0.29) is 12.1 Å². The topological polar surface area (TPSA) is 33.4 Å². The van der Waals surface area contributed by atoms with E-state index in [0.717, 1.165) is 21.9 Å². The molecule has 1 fully saturated rings. The van der Waals surface area contributed by atoms with Crippen LogP contribution in [0.15, 0.2) is 64.2 Å². The fraction of sp³-hybridized carbons (Fsp3) is 0.304. The summed E-state index contributed by atoms with van der Waals surface area (Å²) in [7, 11) is 0. The first-order valence-electron chi connectivity index (χ1n) is 9.89. The Morgan fingerprint density at radius 2 is 1.97 bits per heavy atom. The number of thioether (sulfide) groups is 1. The third kappa shape index (κ3) is 3.22. The molecule has 3 aromatic rings. The Kier molecular flexibility index (Phi) is 4.79. The number of hydrogen-bond acceptors (Lipinski definition) is 4. The molecule has 0 bridgehead atoms. The van der Waals surface area contributed by atoms with Gasteiger partial charge in [0.2, 0.25) is 0 Å². The van der Waals surface area contributed by atoms with Gasteiger partial charge in [-0.05, 0) is 55.8 Å². The molecule has 1 saturated heterocycles. The molecule has 6 heteroatoms. The minimum absolute atomic E-state index is 0.0302. The quantitative estimate of drug-likeness (QED) is 0.485. The minimum Gasteiger partial charge on any atom is -0.341 e. The van der Waals surface area contributed by atoms with Crippen LogP contribution in [0.3, 0.4) is 0 Å². The number of rotatable bonds is 3. The first-order chi connectivity index (χ1) is 14.0. The van der Waals surface area contributed by atoms with Crippen molar-refractivity contribution in [2.24, 2.45) is 4.99 Å². The van der Waals surface area contributed by atoms with E-state index < -0.39 is 0 Å². The number of nitrogens with zero attached hydrogens (tertiary/aromatic N) is 4. The second-order valence-corrected chi connectivity index (χ2v) is 10.1. The molecule has 5 rings (SSSR count). The normalized spacial score (nSPS) is 23.4. The fourth-order valence-electron chi connectivity index (χ4n) is 4.55. The van der Waals surface area contributed by atoms with Crippen molar-refractivity contribution in [1.82, 2.24) is 14.5 Å². The average molecular weight is 467 g/mol. The molecule has 4 heterocycles. The van der Waals surface area contributed by atoms with Crippen molar-refractivity contribution in [2.45, 2.75) is 38.1 Å². The van der Waals surface area contributed by atoms with Crippen molar-refractivity contribution in [2.75, 3.05) is 6.54 Å². The summed E-state index contributed by atoms with van der Waals surface area (Å²) < 4.78 is 3.44. The van der Waals surface area contributed by atoms with Gasteiger partial charge in [-0.2, -0.15) is 0 Å². The number of amidine groups is 1. The summed E-state index contributed by atoms with van der Waals surface area (Å²) in [6.07, 6.45) is 1.87. The summed E-state index contributed by atoms with van der Waals surface area (Å²) in [6.45, 7) is 7.72. The zero-order valence-corrected chi connectivity index (χ0v) is 19.1. The Labute approximate surface area is 184 Å². The molecule has 2 aromatic heterocycles. The molecule has 0 N–H and O–H groups in total. The van der Waals surface area contributed by atoms with E-state index in [9.17, 15) is 0 Å². The van der Waals surface area contributed by atoms with E-state index in [0.29, 0.717) is 5.25 Å². The lowest BCUT2D eigenvalue weighted by atomic mass is 9.96. The molecule has 29 heavy (non-hydrogen) atoms. The Bertz CT molecular complexity index is 1090. The number of aryl methyl sites for hydroxylation is 1. The van der Waals surface area contributed by atoms with Gasteiger partial charge in [-0.15, -0.1) is 0 Å². The molecule has 0 radical (unpaired) electrons. The monoisotopic (exact) mass is 466 g/mol. The van der Waals surface area contributed by atoms with E-state index >= 15 is 0 Å². The lowest BCUT2D eigenvalue weighted by Gasteiger charge is -2.27. The van der Waals surface area contributed by atoms with E-state index in [1.54, 1.807) is 0 Å². The van der Waals surface area contributed by atoms with Gasteiger partial charge in [0.25, 0.3) is 0 Å². The van der Waals surface area contributed by atoms with Gasteiger partial charge in [-0.1, -0.05) is 46.7 Å². The van der Waals surface area contributed by atoms with Crippen LogP contribution in [-0.2, 0) is 0 Å². The van der Waals surface area contributed by atoms with Crippen LogP contribution in [0.25, 0.3) is 5.69 Å². The molecule has 0 amide bonds. The van der Waals surface area contributed by atoms with Gasteiger partial charge in [-0.3, -0.25) is 9.98 Å². The molecule has 0 unspecified atom stereocenters. The Balaban J connectivity index is 1.63. The van der Waals surface area contributed by atoms with Crippen LogP contribution in [-0.4, -0.2) is 31.4 Å². The van der Waals surface area contributed by atoms with Crippen LogP contribution >= 0.6 is 27.7 Å². The molecule has 2 aliphatic heterocycles. The predicted octanol–water partition coefficient (Wildman–Crippen LogP) is 5.84. The third-order valence-electron chi connectivity index (χ3n) is 5.74. The lowest BCUT2D eigenvalue weighted by Crippen LogP contribution is -2.28. The summed E-state index contributed by atoms with van der Waals surface area (Å²) in [4.78, 5) is 12.3. The van der Waals surface area contributed by atoms with E-state index in [1.807, 2.05) is 24.0 Å². The van der Waals surface area contributed by atoms with Gasteiger partial charge in [0.15, 0.2) is 5.17 Å². The Morgan fingerprint density at radius 3 is 2.72 bits per heavy atom. The number of pyridine rings is 1. The number of benzene rings is 1. The molecule has 2 aliphatic rings. The number of aromatic nitrogens is 2. The molecule has 0 aliphatic carbocycles. The maximum atomic E-state index is 5.12. The summed E-state index contributed by atoms with van der Waals surface area (Å²) in [6, 6.07) is 17.2. The second-order valence-electron chi connectivity index (χ2n) is 7.78. The molecular formula is C23H23BrN4S. The van der Waals surface area contributed by atoms with Crippen LogP contribution in [0.2, 0.25) is 0 Å². The highest BCUT2D eigenvalue weighted by molar-refractivity contribution is 9.10. The van der Waals surface area contributed by atoms with Crippen LogP contribution in [0, 0.1) is 13.8 Å². The SMILES string of the molecule is Cc1cc([C@@H]2[C@@H](c3ccccn3)N=C3S[C@@H](C)CN32)c(C)n1-c1cccc(Br)c1. The van der Waals surface area contributed by atoms with Crippen LogP contribution in [0.5, 0.6) is 0 Å². The summed E-state index contributed by atoms with van der Waals surface area (Å²) in [5.74, 6) is 0. The zero-order chi connectivity index (χ0) is 20.1. The van der Waals surface area contributed by atoms with Gasteiger partial charge in [0.05, 0.1) is 11.7 Å². The van der Waals surface area contributed by atoms with Crippen LogP contribution in [0.4, 0.5) is 0 Å². The average Bonchev–Trinajstić information content (AvgIpc) is 3.32. The van der Waals surface area contributed by atoms with Crippen molar-refractivity contribution in [3.05, 3.63) is 81.8 Å². The first-order valence-corrected chi connectivity index (χ1v) is 11.6. The maximum absolute atomic E-state index is 5.12. The van der Waals surface area contributed by atoms with Gasteiger partial charge in [0.1, 0.15) is 6.04 Å². The fourth-order valence-corrected chi connectivity index (χ4v) is 6.03. The molecule has 1 aromatic carbocycles. The van der Waals surface area contributed by atoms with Gasteiger partial charge >= 0.3 is 0 Å². The molecule has 0 saturated carbocycles. The smallest absolute Gasteiger partial charge is 0.160 e. The van der Waals surface area contributed by atoms with Crippen molar-refractivity contribution in [3.63, 3.8) is 0 Å². The molecule has 4 nitrogen and oxygen atoms in total. The maximum Gasteiger partial charge on any atom is 0.160 e. The van der Waals surface area contributed by atoms with Crippen molar-refractivity contribution in [3.8, 4) is 5.69 Å². The van der Waals surface area contributed by atoms with E-state index in [4.69, 9.17) is 4.99 Å². The Morgan fingerprint density at radius 1 is 1.10 bits per heavy atom. The number of fused-ring (bicyclic) bond motifs is 1. The summed E-state index contributed by atoms with van der Waals surface area (Å²) in [5, 5.41) is 1.72. The van der Waals surface area contributed by atoms with Gasteiger partial charge in [-0.25, -0.2) is 0 Å². The van der Waals surface area contributed by atoms with Crippen molar-refractivity contribution < 1.29 is 0 Å². The van der Waals surface area contributed by atoms with Crippen LogP contribution in [0.1, 0.15) is 41.7 Å². The zero-order valence-electron chi connectivity index (χ0n) is 16.7. The standard InChI is InChI=1S/C23H23BrN4S/c1-14-11-19(16(3)28(14)18-8-6-7-17(24)12-18)22-21(20-9-4-5-10-25-20)26-23-27(22)13-15(2)29-23/h4-12,15,21-22H,13H2,1-3H3/t15-,21+,22+/m0/s1. The van der Waals surface area contributed by atoms with Gasteiger partial charge < -0.3 is 9.47 Å². The van der Waals surface area contributed by atoms with E-state index in [2.05, 4.69) is 93.6 Å². The highest BCUT2D eigenvalue weighted by Gasteiger charge is 2.44. The Hall–Kier alpha value is -2.05. The predicted molar refractivity (Wildman–Crippen MR) is 124 cm³/mol. The van der Waals surface area contributed by atoms with Gasteiger partial charge in [0, 0.05) is 39.5 Å². The second kappa shape index (κ2) is 7.33. The van der Waals surface area contributed by atoms with Crippen molar-refractivity contribution in [1.29, 1.82) is 0 Å². The number of halogens is 1. The number of aliphatic imine (C=N–C) groups is 1. The van der Waals surface area contributed by atoms with Crippen molar-refractivity contribution >= 4 is 32.9 Å². The summed E-state index contributed by atoms with van der Waals surface area (Å²) >= 11 is 5.50. The van der Waals surface area contributed by atoms with E-state index in [1.165, 1.54) is 22.6 Å². The molecule has 148 valence electrons. The lowest BCUT2D eigenvalue weighted by molar-refractivity contribution is 0.320. The molecule has 0 spiro atoms.